The van der Waals surface area contributed by atoms with Crippen LogP contribution in [0.4, 0.5) is 5.69 Å². The Morgan fingerprint density at radius 1 is 1.30 bits per heavy atom. The van der Waals surface area contributed by atoms with E-state index in [4.69, 9.17) is 21.1 Å². The molecule has 0 spiro atoms. The van der Waals surface area contributed by atoms with Crippen LogP contribution in [0.2, 0.25) is 5.02 Å². The van der Waals surface area contributed by atoms with Gasteiger partial charge in [0.1, 0.15) is 5.75 Å². The summed E-state index contributed by atoms with van der Waals surface area (Å²) >= 11 is 5.94. The van der Waals surface area contributed by atoms with Crippen LogP contribution < -0.4 is 10.1 Å². The highest BCUT2D eigenvalue weighted by Crippen LogP contribution is 2.29. The second-order valence-electron chi connectivity index (χ2n) is 5.09. The molecule has 2 aromatic carbocycles. The van der Waals surface area contributed by atoms with Crippen LogP contribution in [0.15, 0.2) is 42.5 Å². The van der Waals surface area contributed by atoms with Crippen molar-refractivity contribution in [3.63, 3.8) is 0 Å². The van der Waals surface area contributed by atoms with Crippen LogP contribution in [0.1, 0.15) is 15.9 Å². The molecular formula is C17H14ClNO4. The van der Waals surface area contributed by atoms with Gasteiger partial charge in [0.25, 0.3) is 5.91 Å². The molecule has 1 atom stereocenters. The molecule has 0 aliphatic carbocycles. The van der Waals surface area contributed by atoms with Crippen molar-refractivity contribution in [3.05, 3.63) is 58.6 Å². The Labute approximate surface area is 138 Å². The number of nitrogens with one attached hydrogen (secondary N) is 1. The summed E-state index contributed by atoms with van der Waals surface area (Å²) in [5.41, 5.74) is 1.72. The second-order valence-corrected chi connectivity index (χ2v) is 5.53. The predicted molar refractivity (Wildman–Crippen MR) is 86.0 cm³/mol. The third-order valence-corrected chi connectivity index (χ3v) is 3.84. The van der Waals surface area contributed by atoms with Gasteiger partial charge in [-0.15, -0.1) is 0 Å². The van der Waals surface area contributed by atoms with Crippen molar-refractivity contribution in [2.45, 2.75) is 12.5 Å². The number of hydrogen-bond donors (Lipinski definition) is 1. The maximum atomic E-state index is 12.4. The van der Waals surface area contributed by atoms with E-state index < -0.39 is 18.0 Å². The van der Waals surface area contributed by atoms with Crippen LogP contribution in [0, 0.1) is 0 Å². The minimum Gasteiger partial charge on any atom is -0.495 e. The van der Waals surface area contributed by atoms with Crippen LogP contribution in [0.5, 0.6) is 5.75 Å². The molecule has 1 N–H and O–H groups in total. The molecule has 2 aromatic rings. The first kappa shape index (κ1) is 15.4. The fourth-order valence-corrected chi connectivity index (χ4v) is 2.64. The Bertz CT molecular complexity index is 775. The lowest BCUT2D eigenvalue weighted by Gasteiger charge is -2.24. The normalized spacial score (nSPS) is 16.3. The molecule has 3 rings (SSSR count). The van der Waals surface area contributed by atoms with E-state index in [0.717, 1.165) is 5.56 Å². The minimum absolute atomic E-state index is 0.330. The summed E-state index contributed by atoms with van der Waals surface area (Å²) in [6.07, 6.45) is -0.558. The SMILES string of the molecule is COc1ccc(Cl)cc1NC(=O)[C@@H]1Cc2ccccc2C(=O)O1. The summed E-state index contributed by atoms with van der Waals surface area (Å²) in [5, 5.41) is 3.16. The van der Waals surface area contributed by atoms with Crippen molar-refractivity contribution >= 4 is 29.2 Å². The number of anilines is 1. The molecule has 0 saturated heterocycles. The van der Waals surface area contributed by atoms with E-state index in [1.807, 2.05) is 12.1 Å². The molecule has 1 aliphatic rings. The number of fused-ring (bicyclic) bond motifs is 1. The van der Waals surface area contributed by atoms with Gasteiger partial charge in [0.15, 0.2) is 6.10 Å². The van der Waals surface area contributed by atoms with Crippen molar-refractivity contribution in [3.8, 4) is 5.75 Å². The van der Waals surface area contributed by atoms with Gasteiger partial charge in [-0.2, -0.15) is 0 Å². The Hall–Kier alpha value is -2.53. The summed E-state index contributed by atoms with van der Waals surface area (Å²) in [4.78, 5) is 24.4. The van der Waals surface area contributed by atoms with E-state index in [1.54, 1.807) is 30.3 Å². The predicted octanol–water partition coefficient (Wildman–Crippen LogP) is 3.07. The number of carbonyl (C=O) groups is 2. The molecule has 0 saturated carbocycles. The average Bonchev–Trinajstić information content (AvgIpc) is 2.55. The van der Waals surface area contributed by atoms with E-state index in [1.165, 1.54) is 7.11 Å². The van der Waals surface area contributed by atoms with Crippen molar-refractivity contribution in [1.82, 2.24) is 0 Å². The number of amides is 1. The smallest absolute Gasteiger partial charge is 0.339 e. The molecule has 1 aliphatic heterocycles. The first-order valence-corrected chi connectivity index (χ1v) is 7.39. The van der Waals surface area contributed by atoms with Crippen molar-refractivity contribution in [2.24, 2.45) is 0 Å². The van der Waals surface area contributed by atoms with Gasteiger partial charge >= 0.3 is 5.97 Å². The highest BCUT2D eigenvalue weighted by molar-refractivity contribution is 6.31. The molecular weight excluding hydrogens is 318 g/mol. The zero-order valence-corrected chi connectivity index (χ0v) is 13.1. The van der Waals surface area contributed by atoms with Gasteiger partial charge in [-0.05, 0) is 29.8 Å². The molecule has 0 radical (unpaired) electrons. The summed E-state index contributed by atoms with van der Waals surface area (Å²) in [6, 6.07) is 12.0. The standard InChI is InChI=1S/C17H14ClNO4/c1-22-14-7-6-11(18)9-13(14)19-16(20)15-8-10-4-2-3-5-12(10)17(21)23-15/h2-7,9,15H,8H2,1H3,(H,19,20)/t15-/m0/s1. The third kappa shape index (κ3) is 3.14. The summed E-state index contributed by atoms with van der Waals surface area (Å²) in [7, 11) is 1.50. The van der Waals surface area contributed by atoms with Gasteiger partial charge in [-0.3, -0.25) is 4.79 Å². The van der Waals surface area contributed by atoms with Gasteiger partial charge in [-0.1, -0.05) is 29.8 Å². The van der Waals surface area contributed by atoms with E-state index in [-0.39, 0.29) is 0 Å². The topological polar surface area (TPSA) is 64.6 Å². The quantitative estimate of drug-likeness (QED) is 0.878. The second kappa shape index (κ2) is 6.30. The zero-order chi connectivity index (χ0) is 16.4. The summed E-state index contributed by atoms with van der Waals surface area (Å²) in [5.74, 6) is -0.441. The molecule has 6 heteroatoms. The molecule has 118 valence electrons. The maximum Gasteiger partial charge on any atom is 0.339 e. The van der Waals surface area contributed by atoms with E-state index >= 15 is 0 Å². The molecule has 0 fully saturated rings. The lowest BCUT2D eigenvalue weighted by atomic mass is 9.98. The van der Waals surface area contributed by atoms with Crippen LogP contribution in [0.3, 0.4) is 0 Å². The van der Waals surface area contributed by atoms with Gasteiger partial charge in [-0.25, -0.2) is 4.79 Å². The number of halogens is 1. The van der Waals surface area contributed by atoms with Gasteiger partial charge < -0.3 is 14.8 Å². The average molecular weight is 332 g/mol. The first-order valence-electron chi connectivity index (χ1n) is 7.02. The molecule has 0 bridgehead atoms. The van der Waals surface area contributed by atoms with Crippen LogP contribution in [0.25, 0.3) is 0 Å². The molecule has 1 heterocycles. The van der Waals surface area contributed by atoms with Gasteiger partial charge in [0, 0.05) is 11.4 Å². The number of esters is 1. The molecule has 0 aromatic heterocycles. The molecule has 23 heavy (non-hydrogen) atoms. The van der Waals surface area contributed by atoms with Crippen LogP contribution in [-0.4, -0.2) is 25.1 Å². The first-order chi connectivity index (χ1) is 11.1. The lowest BCUT2D eigenvalue weighted by molar-refractivity contribution is -0.125. The minimum atomic E-state index is -0.888. The molecule has 0 unspecified atom stereocenters. The Kier molecular flexibility index (Phi) is 4.21. The van der Waals surface area contributed by atoms with Crippen LogP contribution in [-0.2, 0) is 16.0 Å². The Morgan fingerprint density at radius 3 is 2.87 bits per heavy atom. The number of methoxy groups -OCH3 is 1. The maximum absolute atomic E-state index is 12.4. The fourth-order valence-electron chi connectivity index (χ4n) is 2.47. The highest BCUT2D eigenvalue weighted by Gasteiger charge is 2.31. The van der Waals surface area contributed by atoms with Crippen molar-refractivity contribution < 1.29 is 19.1 Å². The number of carbonyl (C=O) groups excluding carboxylic acids is 2. The number of hydrogen-bond acceptors (Lipinski definition) is 4. The lowest BCUT2D eigenvalue weighted by Crippen LogP contribution is -2.38. The van der Waals surface area contributed by atoms with Crippen molar-refractivity contribution in [2.75, 3.05) is 12.4 Å². The Morgan fingerprint density at radius 2 is 2.09 bits per heavy atom. The summed E-state index contributed by atoms with van der Waals surface area (Å²) < 4.78 is 10.4. The van der Waals surface area contributed by atoms with E-state index in [0.29, 0.717) is 28.4 Å². The molecule has 5 nitrogen and oxygen atoms in total. The van der Waals surface area contributed by atoms with Crippen molar-refractivity contribution in [1.29, 1.82) is 0 Å². The summed E-state index contributed by atoms with van der Waals surface area (Å²) in [6.45, 7) is 0. The zero-order valence-electron chi connectivity index (χ0n) is 12.3. The number of benzene rings is 2. The largest absolute Gasteiger partial charge is 0.495 e. The van der Waals surface area contributed by atoms with Crippen LogP contribution >= 0.6 is 11.6 Å². The monoisotopic (exact) mass is 331 g/mol. The molecule has 1 amide bonds. The number of ether oxygens (including phenoxy) is 2. The van der Waals surface area contributed by atoms with E-state index in [9.17, 15) is 9.59 Å². The fraction of sp³-hybridized carbons (Fsp3) is 0.176. The van der Waals surface area contributed by atoms with E-state index in [2.05, 4.69) is 5.32 Å². The number of cyclic esters (lactones) is 1. The van der Waals surface area contributed by atoms with Gasteiger partial charge in [0.2, 0.25) is 0 Å². The highest BCUT2D eigenvalue weighted by atomic mass is 35.5. The Balaban J connectivity index is 1.80. The third-order valence-electron chi connectivity index (χ3n) is 3.60. The number of rotatable bonds is 3. The van der Waals surface area contributed by atoms with Gasteiger partial charge in [0.05, 0.1) is 18.4 Å².